The number of aromatic nitrogens is 3. The maximum absolute atomic E-state index is 13.9. The zero-order chi connectivity index (χ0) is 21.5. The third-order valence-corrected chi connectivity index (χ3v) is 4.82. The number of H-pyrrole nitrogens is 1. The van der Waals surface area contributed by atoms with Crippen molar-refractivity contribution in [1.82, 2.24) is 15.2 Å². The van der Waals surface area contributed by atoms with Crippen LogP contribution in [0.3, 0.4) is 0 Å². The Morgan fingerprint density at radius 1 is 1.07 bits per heavy atom. The molecule has 0 saturated carbocycles. The lowest BCUT2D eigenvalue weighted by molar-refractivity contribution is 0.415. The number of nitrogens with zero attached hydrogens (tertiary/aromatic N) is 2. The number of rotatable bonds is 5. The van der Waals surface area contributed by atoms with E-state index in [9.17, 15) is 8.78 Å². The number of anilines is 2. The Kier molecular flexibility index (Phi) is 4.87. The van der Waals surface area contributed by atoms with Crippen molar-refractivity contribution < 1.29 is 13.5 Å². The van der Waals surface area contributed by atoms with Crippen LogP contribution >= 0.6 is 0 Å². The average molecular weight is 409 g/mol. The molecule has 2 aromatic carbocycles. The molecule has 2 heterocycles. The van der Waals surface area contributed by atoms with Crippen LogP contribution in [0, 0.1) is 11.6 Å². The molecule has 0 spiro atoms. The Labute approximate surface area is 172 Å². The fraction of sp³-hybridized carbons (Fsp3) is 0.182. The predicted molar refractivity (Wildman–Crippen MR) is 113 cm³/mol. The van der Waals surface area contributed by atoms with Crippen molar-refractivity contribution >= 4 is 22.5 Å². The first-order chi connectivity index (χ1) is 14.3. The van der Waals surface area contributed by atoms with Crippen LogP contribution in [0.2, 0.25) is 0 Å². The van der Waals surface area contributed by atoms with Gasteiger partial charge in [-0.15, -0.1) is 0 Å². The lowest BCUT2D eigenvalue weighted by atomic mass is 9.92. The number of halogens is 2. The van der Waals surface area contributed by atoms with Gasteiger partial charge in [-0.2, -0.15) is 5.10 Å². The second-order valence-corrected chi connectivity index (χ2v) is 7.55. The number of fused-ring (bicyclic) bond motifs is 1. The fourth-order valence-corrected chi connectivity index (χ4v) is 3.21. The molecule has 0 amide bonds. The number of nitrogens with two attached hydrogens (primary N) is 1. The summed E-state index contributed by atoms with van der Waals surface area (Å²) in [6.07, 6.45) is 0. The van der Waals surface area contributed by atoms with Gasteiger partial charge in [-0.3, -0.25) is 5.10 Å². The number of methoxy groups -OCH3 is 1. The number of ether oxygens (including phenoxy) is 1. The van der Waals surface area contributed by atoms with Gasteiger partial charge in [0.25, 0.3) is 0 Å². The first-order valence-corrected chi connectivity index (χ1v) is 9.31. The monoisotopic (exact) mass is 409 g/mol. The van der Waals surface area contributed by atoms with Crippen molar-refractivity contribution in [3.8, 4) is 17.0 Å². The van der Waals surface area contributed by atoms with E-state index in [1.807, 2.05) is 38.1 Å². The summed E-state index contributed by atoms with van der Waals surface area (Å²) in [5.41, 5.74) is 8.79. The molecule has 0 aliphatic rings. The van der Waals surface area contributed by atoms with Crippen molar-refractivity contribution in [3.05, 3.63) is 65.7 Å². The number of aromatic amines is 1. The van der Waals surface area contributed by atoms with Crippen molar-refractivity contribution in [1.29, 1.82) is 0 Å². The third kappa shape index (κ3) is 3.69. The normalized spacial score (nSPS) is 11.7. The molecule has 0 fully saturated rings. The Morgan fingerprint density at radius 3 is 2.57 bits per heavy atom. The highest BCUT2D eigenvalue weighted by Crippen LogP contribution is 2.36. The molecule has 0 saturated heterocycles. The van der Waals surface area contributed by atoms with Gasteiger partial charge in [0.1, 0.15) is 23.2 Å². The molecule has 4 aromatic rings. The van der Waals surface area contributed by atoms with Gasteiger partial charge in [0, 0.05) is 22.6 Å². The average Bonchev–Trinajstić information content (AvgIpc) is 3.12. The van der Waals surface area contributed by atoms with Gasteiger partial charge in [-0.05, 0) is 55.8 Å². The number of nitrogens with one attached hydrogen (secondary N) is 2. The molecular weight excluding hydrogens is 388 g/mol. The van der Waals surface area contributed by atoms with Crippen LogP contribution in [0.4, 0.5) is 20.3 Å². The van der Waals surface area contributed by atoms with E-state index in [2.05, 4.69) is 20.5 Å². The highest BCUT2D eigenvalue weighted by atomic mass is 19.1. The van der Waals surface area contributed by atoms with E-state index >= 15 is 0 Å². The quantitative estimate of drug-likeness (QED) is 0.439. The van der Waals surface area contributed by atoms with Crippen molar-refractivity contribution in [2.24, 2.45) is 5.73 Å². The smallest absolute Gasteiger partial charge is 0.183 e. The molecule has 4 N–H and O–H groups in total. The fourth-order valence-electron chi connectivity index (χ4n) is 3.21. The predicted octanol–water partition coefficient (Wildman–Crippen LogP) is 4.85. The minimum Gasteiger partial charge on any atom is -0.496 e. The third-order valence-electron chi connectivity index (χ3n) is 4.82. The molecule has 0 aliphatic carbocycles. The molecule has 0 aliphatic heterocycles. The number of benzene rings is 2. The number of hydrogen-bond donors (Lipinski definition) is 3. The zero-order valence-electron chi connectivity index (χ0n) is 16.8. The van der Waals surface area contributed by atoms with Crippen LogP contribution in [-0.4, -0.2) is 22.3 Å². The standard InChI is InChI=1S/C22H21F2N5O/c1-22(2,25)12-4-8-18(30-3)15(10-12)20-14-6-9-19(27-21(14)29-28-20)26-17-7-5-13(23)11-16(17)24/h4-11H,25H2,1-3H3,(H2,26,27,28,29). The van der Waals surface area contributed by atoms with Gasteiger partial charge in [0.15, 0.2) is 5.65 Å². The number of pyridine rings is 1. The van der Waals surface area contributed by atoms with Gasteiger partial charge in [0.2, 0.25) is 0 Å². The summed E-state index contributed by atoms with van der Waals surface area (Å²) in [6.45, 7) is 3.86. The Hall–Kier alpha value is -3.52. The van der Waals surface area contributed by atoms with Crippen LogP contribution < -0.4 is 15.8 Å². The lowest BCUT2D eigenvalue weighted by Crippen LogP contribution is -2.28. The maximum atomic E-state index is 13.9. The Morgan fingerprint density at radius 2 is 1.87 bits per heavy atom. The molecule has 6 nitrogen and oxygen atoms in total. The van der Waals surface area contributed by atoms with Crippen LogP contribution in [-0.2, 0) is 5.54 Å². The summed E-state index contributed by atoms with van der Waals surface area (Å²) in [5, 5.41) is 10.9. The molecule has 0 bridgehead atoms. The summed E-state index contributed by atoms with van der Waals surface area (Å²) in [5.74, 6) is -0.292. The van der Waals surface area contributed by atoms with E-state index in [4.69, 9.17) is 10.5 Å². The summed E-state index contributed by atoms with van der Waals surface area (Å²) < 4.78 is 32.5. The topological polar surface area (TPSA) is 88.8 Å². The van der Waals surface area contributed by atoms with Gasteiger partial charge in [-0.25, -0.2) is 13.8 Å². The largest absolute Gasteiger partial charge is 0.496 e. The van der Waals surface area contributed by atoms with E-state index in [-0.39, 0.29) is 5.69 Å². The van der Waals surface area contributed by atoms with Gasteiger partial charge in [-0.1, -0.05) is 6.07 Å². The van der Waals surface area contributed by atoms with Gasteiger partial charge >= 0.3 is 0 Å². The van der Waals surface area contributed by atoms with E-state index in [1.165, 1.54) is 12.1 Å². The van der Waals surface area contributed by atoms with Crippen LogP contribution in [0.5, 0.6) is 5.75 Å². The van der Waals surface area contributed by atoms with Gasteiger partial charge < -0.3 is 15.8 Å². The molecule has 2 aromatic heterocycles. The highest BCUT2D eigenvalue weighted by molar-refractivity contribution is 5.93. The molecule has 8 heteroatoms. The first kappa shape index (κ1) is 19.8. The van der Waals surface area contributed by atoms with Gasteiger partial charge in [0.05, 0.1) is 18.5 Å². The minimum atomic E-state index is -0.703. The van der Waals surface area contributed by atoms with Crippen molar-refractivity contribution in [2.45, 2.75) is 19.4 Å². The highest BCUT2D eigenvalue weighted by Gasteiger charge is 2.19. The molecule has 154 valence electrons. The molecule has 0 unspecified atom stereocenters. The van der Waals surface area contributed by atoms with E-state index in [1.54, 1.807) is 13.2 Å². The van der Waals surface area contributed by atoms with Crippen molar-refractivity contribution in [2.75, 3.05) is 12.4 Å². The minimum absolute atomic E-state index is 0.124. The second kappa shape index (κ2) is 7.38. The SMILES string of the molecule is COc1ccc(C(C)(C)N)cc1-c1[nH]nc2nc(Nc3ccc(F)cc3F)ccc12. The zero-order valence-corrected chi connectivity index (χ0v) is 16.8. The van der Waals surface area contributed by atoms with Crippen LogP contribution in [0.15, 0.2) is 48.5 Å². The molecule has 0 radical (unpaired) electrons. The summed E-state index contributed by atoms with van der Waals surface area (Å²) in [7, 11) is 1.60. The van der Waals surface area contributed by atoms with Crippen LogP contribution in [0.25, 0.3) is 22.3 Å². The van der Waals surface area contributed by atoms with E-state index < -0.39 is 17.2 Å². The molecular formula is C22H21F2N5O. The van der Waals surface area contributed by atoms with Crippen molar-refractivity contribution in [3.63, 3.8) is 0 Å². The van der Waals surface area contributed by atoms with E-state index in [0.717, 1.165) is 28.3 Å². The Bertz CT molecular complexity index is 1230. The lowest BCUT2D eigenvalue weighted by Gasteiger charge is -2.21. The first-order valence-electron chi connectivity index (χ1n) is 9.31. The van der Waals surface area contributed by atoms with Crippen LogP contribution in [0.1, 0.15) is 19.4 Å². The van der Waals surface area contributed by atoms with E-state index in [0.29, 0.717) is 17.2 Å². The summed E-state index contributed by atoms with van der Waals surface area (Å²) in [6, 6.07) is 12.6. The maximum Gasteiger partial charge on any atom is 0.183 e. The summed E-state index contributed by atoms with van der Waals surface area (Å²) in [4.78, 5) is 4.43. The molecule has 4 rings (SSSR count). The summed E-state index contributed by atoms with van der Waals surface area (Å²) >= 11 is 0. The number of hydrogen-bond acceptors (Lipinski definition) is 5. The molecule has 0 atom stereocenters. The Balaban J connectivity index is 1.74. The second-order valence-electron chi connectivity index (χ2n) is 7.55. The molecule has 30 heavy (non-hydrogen) atoms.